The fourth-order valence-electron chi connectivity index (χ4n) is 3.47. The largest absolute Gasteiger partial charge is 0.444 e. The number of rotatable bonds is 3. The van der Waals surface area contributed by atoms with Gasteiger partial charge in [-0.3, -0.25) is 4.79 Å². The molecular formula is C20H18N2O2S. The van der Waals surface area contributed by atoms with Gasteiger partial charge >= 0.3 is 0 Å². The molecule has 2 aromatic carbocycles. The Kier molecular flexibility index (Phi) is 3.90. The number of thiocarbonyl (C=S) groups is 1. The van der Waals surface area contributed by atoms with Crippen LogP contribution in [0.4, 0.5) is 0 Å². The molecule has 2 heterocycles. The molecule has 0 radical (unpaired) electrons. The Balaban J connectivity index is 1.85. The van der Waals surface area contributed by atoms with Crippen molar-refractivity contribution in [3.8, 4) is 0 Å². The first-order valence-corrected chi connectivity index (χ1v) is 8.70. The van der Waals surface area contributed by atoms with Gasteiger partial charge in [-0.1, -0.05) is 24.3 Å². The van der Waals surface area contributed by atoms with Crippen molar-refractivity contribution < 1.29 is 9.53 Å². The van der Waals surface area contributed by atoms with Gasteiger partial charge in [0.1, 0.15) is 6.04 Å². The Hall–Kier alpha value is -2.50. The second-order valence-corrected chi connectivity index (χ2v) is 6.46. The molecule has 0 spiro atoms. The maximum Gasteiger partial charge on any atom is 0.223 e. The van der Waals surface area contributed by atoms with Crippen molar-refractivity contribution in [3.05, 3.63) is 53.8 Å². The Morgan fingerprint density at radius 3 is 2.68 bits per heavy atom. The Morgan fingerprint density at radius 1 is 1.20 bits per heavy atom. The number of aromatic nitrogens is 1. The number of ketones is 1. The molecular weight excluding hydrogens is 332 g/mol. The summed E-state index contributed by atoms with van der Waals surface area (Å²) < 4.78 is 7.78. The van der Waals surface area contributed by atoms with E-state index >= 15 is 0 Å². The normalized spacial score (nSPS) is 19.3. The van der Waals surface area contributed by atoms with E-state index in [4.69, 9.17) is 17.0 Å². The topological polar surface area (TPSA) is 43.3 Å². The van der Waals surface area contributed by atoms with E-state index in [-0.39, 0.29) is 10.8 Å². The molecule has 1 aliphatic rings. The van der Waals surface area contributed by atoms with Gasteiger partial charge in [-0.2, -0.15) is 0 Å². The molecule has 1 fully saturated rings. The number of carbonyl (C=O) groups excluding carboxylic acids is 1. The number of likely N-dealkylation sites (N-methyl/N-ethyl adjacent to an activating group) is 1. The zero-order valence-corrected chi connectivity index (χ0v) is 14.9. The Bertz CT molecular complexity index is 1050. The second kappa shape index (κ2) is 6.10. The molecule has 25 heavy (non-hydrogen) atoms. The van der Waals surface area contributed by atoms with Crippen LogP contribution in [0.2, 0.25) is 0 Å². The number of hydrogen-bond acceptors (Lipinski definition) is 4. The van der Waals surface area contributed by atoms with Crippen molar-refractivity contribution in [1.82, 2.24) is 9.88 Å². The molecule has 0 bridgehead atoms. The minimum atomic E-state index is -0.535. The summed E-state index contributed by atoms with van der Waals surface area (Å²) in [5, 5.41) is 5.55. The first-order valence-electron chi connectivity index (χ1n) is 8.30. The predicted octanol–water partition coefficient (Wildman–Crippen LogP) is 3.67. The summed E-state index contributed by atoms with van der Waals surface area (Å²) in [7, 11) is 1.70. The number of ether oxygens (including phenoxy) is 1. The highest BCUT2D eigenvalue weighted by Gasteiger charge is 2.35. The van der Waals surface area contributed by atoms with E-state index in [1.165, 1.54) is 21.8 Å². The summed E-state index contributed by atoms with van der Waals surface area (Å²) in [4.78, 5) is 12.3. The third-order valence-electron chi connectivity index (χ3n) is 4.65. The molecule has 1 atom stereocenters. The summed E-state index contributed by atoms with van der Waals surface area (Å²) in [5.41, 5.74) is 3.33. The third-order valence-corrected chi connectivity index (χ3v) is 4.97. The van der Waals surface area contributed by atoms with E-state index in [0.29, 0.717) is 5.76 Å². The van der Waals surface area contributed by atoms with Crippen LogP contribution < -0.4 is 5.32 Å². The quantitative estimate of drug-likeness (QED) is 0.578. The number of nitrogens with zero attached hydrogens (tertiary/aromatic N) is 1. The second-order valence-electron chi connectivity index (χ2n) is 6.05. The SMILES string of the molecule is CCn1c2ccccc2c2cc(C=C3OC(=S)C(NC)C3=O)ccc21. The highest BCUT2D eigenvalue weighted by atomic mass is 32.1. The van der Waals surface area contributed by atoms with Gasteiger partial charge in [0.05, 0.1) is 0 Å². The van der Waals surface area contributed by atoms with E-state index in [1.807, 2.05) is 12.1 Å². The minimum absolute atomic E-state index is 0.122. The lowest BCUT2D eigenvalue weighted by Gasteiger charge is -2.03. The number of para-hydroxylation sites is 1. The standard InChI is InChI=1S/C20H18N2O2S/c1-3-22-15-7-5-4-6-13(15)14-10-12(8-9-16(14)22)11-17-19(23)18(21-2)20(25)24-17/h4-11,18,21H,3H2,1-2H3. The van der Waals surface area contributed by atoms with Crippen LogP contribution in [0.25, 0.3) is 27.9 Å². The van der Waals surface area contributed by atoms with Crippen molar-refractivity contribution in [2.45, 2.75) is 19.5 Å². The number of Topliss-reactive ketones (excluding diaryl/α,β-unsaturated/α-hetero) is 1. The van der Waals surface area contributed by atoms with Gasteiger partial charge in [0.2, 0.25) is 5.78 Å². The summed E-state index contributed by atoms with van der Waals surface area (Å²) >= 11 is 5.12. The van der Waals surface area contributed by atoms with Crippen LogP contribution in [-0.2, 0) is 16.1 Å². The number of hydrogen-bond donors (Lipinski definition) is 1. The molecule has 0 amide bonds. The molecule has 126 valence electrons. The van der Waals surface area contributed by atoms with Crippen molar-refractivity contribution in [2.75, 3.05) is 7.05 Å². The predicted molar refractivity (Wildman–Crippen MR) is 105 cm³/mol. The van der Waals surface area contributed by atoms with Crippen molar-refractivity contribution in [2.24, 2.45) is 0 Å². The molecule has 1 N–H and O–H groups in total. The summed E-state index contributed by atoms with van der Waals surface area (Å²) in [6, 6.07) is 14.0. The van der Waals surface area contributed by atoms with Crippen molar-refractivity contribution in [1.29, 1.82) is 0 Å². The van der Waals surface area contributed by atoms with E-state index in [2.05, 4.69) is 47.1 Å². The van der Waals surface area contributed by atoms with Crippen LogP contribution in [0.1, 0.15) is 12.5 Å². The van der Waals surface area contributed by atoms with Crippen LogP contribution in [0.15, 0.2) is 48.2 Å². The lowest BCUT2D eigenvalue weighted by molar-refractivity contribution is -0.116. The van der Waals surface area contributed by atoms with Crippen LogP contribution in [-0.4, -0.2) is 28.5 Å². The highest BCUT2D eigenvalue weighted by molar-refractivity contribution is 7.80. The lowest BCUT2D eigenvalue weighted by Crippen LogP contribution is -2.34. The minimum Gasteiger partial charge on any atom is -0.444 e. The molecule has 3 aromatic rings. The fraction of sp³-hybridized carbons (Fsp3) is 0.200. The number of aryl methyl sites for hydroxylation is 1. The van der Waals surface area contributed by atoms with Gasteiger partial charge in [-0.15, -0.1) is 0 Å². The first-order chi connectivity index (χ1) is 12.1. The molecule has 1 saturated heterocycles. The summed E-state index contributed by atoms with van der Waals surface area (Å²) in [5.74, 6) is 0.173. The Morgan fingerprint density at radius 2 is 1.96 bits per heavy atom. The van der Waals surface area contributed by atoms with Gasteiger partial charge in [0, 0.05) is 28.4 Å². The maximum atomic E-state index is 12.3. The van der Waals surface area contributed by atoms with E-state index in [9.17, 15) is 4.79 Å². The van der Waals surface area contributed by atoms with Crippen LogP contribution in [0, 0.1) is 0 Å². The van der Waals surface area contributed by atoms with Crippen LogP contribution in [0.3, 0.4) is 0 Å². The average molecular weight is 350 g/mol. The van der Waals surface area contributed by atoms with Crippen LogP contribution in [0.5, 0.6) is 0 Å². The molecule has 4 nitrogen and oxygen atoms in total. The highest BCUT2D eigenvalue weighted by Crippen LogP contribution is 2.30. The molecule has 1 unspecified atom stereocenters. The number of carbonyl (C=O) groups is 1. The molecule has 1 aliphatic heterocycles. The zero-order chi connectivity index (χ0) is 17.6. The molecule has 4 rings (SSSR count). The first kappa shape index (κ1) is 16.0. The lowest BCUT2D eigenvalue weighted by atomic mass is 10.1. The van der Waals surface area contributed by atoms with Crippen molar-refractivity contribution >= 4 is 50.9 Å². The van der Waals surface area contributed by atoms with Crippen molar-refractivity contribution in [3.63, 3.8) is 0 Å². The fourth-order valence-corrected chi connectivity index (χ4v) is 3.78. The van der Waals surface area contributed by atoms with Gasteiger partial charge in [0.25, 0.3) is 0 Å². The van der Waals surface area contributed by atoms with Gasteiger partial charge in [-0.25, -0.2) is 0 Å². The van der Waals surface area contributed by atoms with Crippen LogP contribution >= 0.6 is 12.2 Å². The van der Waals surface area contributed by atoms with Gasteiger partial charge in [-0.05, 0) is 56.0 Å². The van der Waals surface area contributed by atoms with Gasteiger partial charge in [0.15, 0.2) is 10.8 Å². The zero-order valence-electron chi connectivity index (χ0n) is 14.1. The van der Waals surface area contributed by atoms with E-state index in [1.54, 1.807) is 13.1 Å². The molecule has 1 aromatic heterocycles. The Labute approximate surface area is 151 Å². The van der Waals surface area contributed by atoms with E-state index < -0.39 is 6.04 Å². The monoisotopic (exact) mass is 350 g/mol. The average Bonchev–Trinajstić information content (AvgIpc) is 3.08. The molecule has 0 saturated carbocycles. The maximum absolute atomic E-state index is 12.3. The van der Waals surface area contributed by atoms with E-state index in [0.717, 1.165) is 12.1 Å². The summed E-state index contributed by atoms with van der Waals surface area (Å²) in [6.45, 7) is 3.05. The smallest absolute Gasteiger partial charge is 0.223 e. The van der Waals surface area contributed by atoms with Gasteiger partial charge < -0.3 is 14.6 Å². The number of nitrogens with one attached hydrogen (secondary N) is 1. The number of fused-ring (bicyclic) bond motifs is 3. The molecule has 5 heteroatoms. The number of benzene rings is 2. The third kappa shape index (κ3) is 2.47. The molecule has 0 aliphatic carbocycles. The summed E-state index contributed by atoms with van der Waals surface area (Å²) in [6.07, 6.45) is 1.77.